The lowest BCUT2D eigenvalue weighted by Crippen LogP contribution is -2.26. The normalized spacial score (nSPS) is 11.5. The number of nitrogens with one attached hydrogen (secondary N) is 1. The van der Waals surface area contributed by atoms with E-state index >= 15 is 0 Å². The Balaban J connectivity index is 1.94. The van der Waals surface area contributed by atoms with Crippen molar-refractivity contribution < 1.29 is 19.4 Å². The van der Waals surface area contributed by atoms with Crippen molar-refractivity contribution in [1.82, 2.24) is 0 Å². The summed E-state index contributed by atoms with van der Waals surface area (Å²) in [6, 6.07) is 19.6. The van der Waals surface area contributed by atoms with E-state index in [1.165, 1.54) is 12.1 Å². The van der Waals surface area contributed by atoms with Gasteiger partial charge in [-0.2, -0.15) is 0 Å². The highest BCUT2D eigenvalue weighted by atomic mass is 35.5. The number of halogens is 2. The third-order valence-corrected chi connectivity index (χ3v) is 4.27. The van der Waals surface area contributed by atoms with E-state index in [1.807, 2.05) is 0 Å². The van der Waals surface area contributed by atoms with Crippen molar-refractivity contribution in [1.29, 1.82) is 0 Å². The van der Waals surface area contributed by atoms with Gasteiger partial charge in [0.15, 0.2) is 0 Å². The van der Waals surface area contributed by atoms with Gasteiger partial charge < -0.3 is 15.2 Å². The van der Waals surface area contributed by atoms with E-state index < -0.39 is 18.0 Å². The zero-order valence-electron chi connectivity index (χ0n) is 14.4. The second-order valence-corrected chi connectivity index (χ2v) is 6.73. The Morgan fingerprint density at radius 3 is 2.14 bits per heavy atom. The summed E-state index contributed by atoms with van der Waals surface area (Å²) in [5.41, 5.74) is 0.925. The number of hydrogen-bond acceptors (Lipinski definition) is 3. The molecule has 0 aliphatic heterocycles. The van der Waals surface area contributed by atoms with Gasteiger partial charge in [0.2, 0.25) is 6.10 Å². The molecule has 0 heterocycles. The highest BCUT2D eigenvalue weighted by Gasteiger charge is 2.25. The monoisotopic (exact) mass is 415 g/mol. The molecule has 0 aromatic heterocycles. The van der Waals surface area contributed by atoms with Gasteiger partial charge in [-0.15, -0.1) is 0 Å². The first kappa shape index (κ1) is 19.7. The molecule has 0 spiro atoms. The molecule has 3 aromatic carbocycles. The number of carbonyl (C=O) groups is 2. The molecule has 0 aliphatic carbocycles. The van der Waals surface area contributed by atoms with Gasteiger partial charge in [0.05, 0.1) is 0 Å². The molecule has 1 atom stereocenters. The van der Waals surface area contributed by atoms with Crippen LogP contribution in [0.15, 0.2) is 72.8 Å². The van der Waals surface area contributed by atoms with E-state index in [9.17, 15) is 14.7 Å². The molecule has 3 aromatic rings. The minimum atomic E-state index is -1.15. The Hall–Kier alpha value is -3.02. The van der Waals surface area contributed by atoms with Gasteiger partial charge in [-0.05, 0) is 30.3 Å². The minimum Gasteiger partial charge on any atom is -0.478 e. The van der Waals surface area contributed by atoms with Gasteiger partial charge in [-0.3, -0.25) is 4.79 Å². The number of hydrogen-bond donors (Lipinski definition) is 2. The van der Waals surface area contributed by atoms with Crippen LogP contribution in [0, 0.1) is 0 Å². The lowest BCUT2D eigenvalue weighted by atomic mass is 10.1. The van der Waals surface area contributed by atoms with E-state index in [-0.39, 0.29) is 11.3 Å². The highest BCUT2D eigenvalue weighted by molar-refractivity contribution is 6.35. The first-order valence-corrected chi connectivity index (χ1v) is 9.00. The van der Waals surface area contributed by atoms with Crippen LogP contribution in [0.5, 0.6) is 5.75 Å². The van der Waals surface area contributed by atoms with Crippen molar-refractivity contribution in [2.45, 2.75) is 6.10 Å². The van der Waals surface area contributed by atoms with E-state index in [2.05, 4.69) is 5.32 Å². The second-order valence-electron chi connectivity index (χ2n) is 5.86. The Labute approximate surface area is 171 Å². The summed E-state index contributed by atoms with van der Waals surface area (Å²) in [5, 5.41) is 12.8. The summed E-state index contributed by atoms with van der Waals surface area (Å²) >= 11 is 12.0. The zero-order chi connectivity index (χ0) is 20.1. The topological polar surface area (TPSA) is 75.6 Å². The maximum absolute atomic E-state index is 13.0. The van der Waals surface area contributed by atoms with Gasteiger partial charge in [0, 0.05) is 21.3 Å². The summed E-state index contributed by atoms with van der Waals surface area (Å²) in [6.45, 7) is 0. The number of anilines is 1. The Morgan fingerprint density at radius 1 is 0.893 bits per heavy atom. The van der Waals surface area contributed by atoms with E-state index in [0.717, 1.165) is 0 Å². The van der Waals surface area contributed by atoms with Crippen LogP contribution < -0.4 is 10.1 Å². The van der Waals surface area contributed by atoms with Crippen LogP contribution in [0.3, 0.4) is 0 Å². The molecule has 3 rings (SSSR count). The number of carbonyl (C=O) groups excluding carboxylic acids is 1. The number of amides is 1. The Bertz CT molecular complexity index is 988. The summed E-state index contributed by atoms with van der Waals surface area (Å²) < 4.78 is 5.83. The van der Waals surface area contributed by atoms with Gasteiger partial charge in [-0.1, -0.05) is 65.7 Å². The molecule has 5 nitrogen and oxygen atoms in total. The molecule has 0 saturated heterocycles. The van der Waals surface area contributed by atoms with Gasteiger partial charge >= 0.3 is 5.97 Å². The van der Waals surface area contributed by atoms with E-state index in [1.54, 1.807) is 60.7 Å². The number of carboxylic acids is 1. The average molecular weight is 416 g/mol. The third-order valence-electron chi connectivity index (χ3n) is 3.83. The molecule has 2 N–H and O–H groups in total. The summed E-state index contributed by atoms with van der Waals surface area (Å²) in [5.74, 6) is -1.56. The molecule has 1 amide bonds. The lowest BCUT2D eigenvalue weighted by molar-refractivity contribution is -0.123. The number of carboxylic acid groups (broad SMARTS) is 1. The molecule has 0 saturated carbocycles. The van der Waals surface area contributed by atoms with Crippen molar-refractivity contribution in [2.75, 3.05) is 5.32 Å². The standard InChI is InChI=1S/C21H15Cl2NO4/c22-14-10-15(23)12-16(11-14)24-20(25)19(13-6-2-1-3-7-13)28-18-9-5-4-8-17(18)21(26)27/h1-12,19H,(H,24,25)(H,26,27)/t19-/m1/s1. The predicted octanol–water partition coefficient (Wildman–Crippen LogP) is 5.45. The summed E-state index contributed by atoms with van der Waals surface area (Å²) in [6.07, 6.45) is -1.08. The SMILES string of the molecule is O=C(O)c1ccccc1O[C@@H](C(=O)Nc1cc(Cl)cc(Cl)c1)c1ccccc1. The summed E-state index contributed by atoms with van der Waals surface area (Å²) in [7, 11) is 0. The fraction of sp³-hybridized carbons (Fsp3) is 0.0476. The minimum absolute atomic E-state index is 0.0398. The maximum atomic E-state index is 13.0. The van der Waals surface area contributed by atoms with Crippen molar-refractivity contribution in [3.05, 3.63) is 94.0 Å². The van der Waals surface area contributed by atoms with Crippen LogP contribution in [0.1, 0.15) is 22.0 Å². The number of para-hydroxylation sites is 1. The third kappa shape index (κ3) is 4.82. The van der Waals surface area contributed by atoms with Crippen molar-refractivity contribution in [2.24, 2.45) is 0 Å². The maximum Gasteiger partial charge on any atom is 0.339 e. The van der Waals surface area contributed by atoms with Crippen molar-refractivity contribution in [3.63, 3.8) is 0 Å². The first-order chi connectivity index (χ1) is 13.4. The van der Waals surface area contributed by atoms with E-state index in [0.29, 0.717) is 21.3 Å². The number of aromatic carboxylic acids is 1. The second kappa shape index (κ2) is 8.78. The Kier molecular flexibility index (Phi) is 6.19. The molecule has 28 heavy (non-hydrogen) atoms. The molecule has 0 unspecified atom stereocenters. The molecular formula is C21H15Cl2NO4. The Morgan fingerprint density at radius 2 is 1.50 bits per heavy atom. The van der Waals surface area contributed by atoms with Crippen LogP contribution in [-0.4, -0.2) is 17.0 Å². The fourth-order valence-electron chi connectivity index (χ4n) is 2.61. The van der Waals surface area contributed by atoms with Crippen molar-refractivity contribution in [3.8, 4) is 5.75 Å². The molecule has 0 aliphatic rings. The van der Waals surface area contributed by atoms with Gasteiger partial charge in [-0.25, -0.2) is 4.79 Å². The first-order valence-electron chi connectivity index (χ1n) is 8.25. The molecular weight excluding hydrogens is 401 g/mol. The largest absolute Gasteiger partial charge is 0.478 e. The number of benzene rings is 3. The molecule has 7 heteroatoms. The summed E-state index contributed by atoms with van der Waals surface area (Å²) in [4.78, 5) is 24.4. The quantitative estimate of drug-likeness (QED) is 0.560. The average Bonchev–Trinajstić information content (AvgIpc) is 2.66. The molecule has 142 valence electrons. The smallest absolute Gasteiger partial charge is 0.339 e. The van der Waals surface area contributed by atoms with Gasteiger partial charge in [0.1, 0.15) is 11.3 Å². The van der Waals surface area contributed by atoms with Crippen LogP contribution in [0.4, 0.5) is 5.69 Å². The fourth-order valence-corrected chi connectivity index (χ4v) is 3.13. The number of ether oxygens (including phenoxy) is 1. The highest BCUT2D eigenvalue weighted by Crippen LogP contribution is 2.28. The van der Waals surface area contributed by atoms with Crippen molar-refractivity contribution >= 4 is 40.8 Å². The predicted molar refractivity (Wildman–Crippen MR) is 108 cm³/mol. The molecule has 0 bridgehead atoms. The van der Waals surface area contributed by atoms with Crippen LogP contribution in [-0.2, 0) is 4.79 Å². The molecule has 0 radical (unpaired) electrons. The molecule has 0 fully saturated rings. The zero-order valence-corrected chi connectivity index (χ0v) is 15.9. The van der Waals surface area contributed by atoms with E-state index in [4.69, 9.17) is 27.9 Å². The lowest BCUT2D eigenvalue weighted by Gasteiger charge is -2.20. The van der Waals surface area contributed by atoms with Crippen LogP contribution >= 0.6 is 23.2 Å². The van der Waals surface area contributed by atoms with Crippen LogP contribution in [0.25, 0.3) is 0 Å². The van der Waals surface area contributed by atoms with Gasteiger partial charge in [0.25, 0.3) is 5.91 Å². The van der Waals surface area contributed by atoms with Crippen LogP contribution in [0.2, 0.25) is 10.0 Å². The number of rotatable bonds is 6.